The van der Waals surface area contributed by atoms with E-state index in [1.807, 2.05) is 0 Å². The van der Waals surface area contributed by atoms with Crippen LogP contribution in [0, 0.1) is 13.8 Å². The van der Waals surface area contributed by atoms with Crippen LogP contribution in [0.25, 0.3) is 65.3 Å². The maximum Gasteiger partial charge on any atom is 0.0540 e. The van der Waals surface area contributed by atoms with Crippen molar-refractivity contribution in [3.05, 3.63) is 187 Å². The van der Waals surface area contributed by atoms with E-state index in [1.54, 1.807) is 0 Å². The summed E-state index contributed by atoms with van der Waals surface area (Å²) in [7, 11) is 0. The Labute approximate surface area is 287 Å². The van der Waals surface area contributed by atoms with Crippen molar-refractivity contribution < 1.29 is 0 Å². The number of anilines is 3. The van der Waals surface area contributed by atoms with E-state index in [4.69, 9.17) is 0 Å². The number of aryl methyl sites for hydroxylation is 2. The molecule has 0 unspecified atom stereocenters. The highest BCUT2D eigenvalue weighted by molar-refractivity contribution is 6.26. The molecule has 0 heterocycles. The normalized spacial score (nSPS) is 11.5. The van der Waals surface area contributed by atoms with Crippen molar-refractivity contribution in [2.45, 2.75) is 13.8 Å². The van der Waals surface area contributed by atoms with Gasteiger partial charge >= 0.3 is 0 Å². The van der Waals surface area contributed by atoms with Crippen LogP contribution in [-0.2, 0) is 0 Å². The Morgan fingerprint density at radius 2 is 0.714 bits per heavy atom. The zero-order valence-electron chi connectivity index (χ0n) is 27.7. The van der Waals surface area contributed by atoms with E-state index >= 15 is 0 Å². The number of rotatable bonds is 5. The summed E-state index contributed by atoms with van der Waals surface area (Å²) in [4.78, 5) is 2.37. The SMILES string of the molecule is Cc1cc(C)c2ccccc2c1-c1c2ccccc2c(-c2ccc(N(c3ccccc3)c3ccccc3)c3ccccc23)c2ccccc12. The van der Waals surface area contributed by atoms with Crippen LogP contribution in [0.5, 0.6) is 0 Å². The van der Waals surface area contributed by atoms with Gasteiger partial charge in [0.25, 0.3) is 0 Å². The summed E-state index contributed by atoms with van der Waals surface area (Å²) in [6, 6.07) is 64.1. The number of hydrogen-bond acceptors (Lipinski definition) is 1. The predicted molar refractivity (Wildman–Crippen MR) is 211 cm³/mol. The Kier molecular flexibility index (Phi) is 6.99. The molecule has 0 aromatic heterocycles. The molecule has 0 saturated heterocycles. The van der Waals surface area contributed by atoms with Gasteiger partial charge in [0.1, 0.15) is 0 Å². The van der Waals surface area contributed by atoms with Crippen molar-refractivity contribution in [2.24, 2.45) is 0 Å². The lowest BCUT2D eigenvalue weighted by molar-refractivity contribution is 1.30. The largest absolute Gasteiger partial charge is 0.310 e. The lowest BCUT2D eigenvalue weighted by Crippen LogP contribution is -2.10. The summed E-state index contributed by atoms with van der Waals surface area (Å²) in [5, 5.41) is 10.1. The summed E-state index contributed by atoms with van der Waals surface area (Å²) in [5.41, 5.74) is 11.2. The van der Waals surface area contributed by atoms with Crippen molar-refractivity contribution >= 4 is 60.2 Å². The van der Waals surface area contributed by atoms with Crippen LogP contribution >= 0.6 is 0 Å². The Balaban J connectivity index is 1.37. The maximum absolute atomic E-state index is 2.37. The molecule has 0 atom stereocenters. The maximum atomic E-state index is 2.37. The molecule has 9 aromatic rings. The second-order valence-electron chi connectivity index (χ2n) is 13.0. The molecule has 1 heteroatoms. The Morgan fingerprint density at radius 1 is 0.306 bits per heavy atom. The topological polar surface area (TPSA) is 3.24 Å². The van der Waals surface area contributed by atoms with Gasteiger partial charge in [-0.1, -0.05) is 146 Å². The predicted octanol–water partition coefficient (Wildman–Crippen LogP) is 13.7. The molecule has 0 spiro atoms. The molecule has 0 fully saturated rings. The first-order chi connectivity index (χ1) is 24.2. The van der Waals surface area contributed by atoms with E-state index < -0.39 is 0 Å². The van der Waals surface area contributed by atoms with E-state index in [1.165, 1.54) is 76.5 Å². The second-order valence-corrected chi connectivity index (χ2v) is 13.0. The lowest BCUT2D eigenvalue weighted by atomic mass is 9.82. The minimum atomic E-state index is 1.13. The Bertz CT molecular complexity index is 2570. The average molecular weight is 626 g/mol. The van der Waals surface area contributed by atoms with Crippen LogP contribution in [0.15, 0.2) is 176 Å². The van der Waals surface area contributed by atoms with Gasteiger partial charge in [-0.05, 0) is 115 Å². The number of nitrogens with zero attached hydrogens (tertiary/aromatic N) is 1. The highest BCUT2D eigenvalue weighted by atomic mass is 15.1. The minimum absolute atomic E-state index is 1.13. The molecule has 9 aromatic carbocycles. The van der Waals surface area contributed by atoms with Crippen molar-refractivity contribution in [1.82, 2.24) is 0 Å². The third kappa shape index (κ3) is 4.70. The molecule has 0 aliphatic carbocycles. The molecule has 232 valence electrons. The first-order valence-corrected chi connectivity index (χ1v) is 17.0. The molecule has 0 aliphatic heterocycles. The van der Waals surface area contributed by atoms with Crippen LogP contribution in [0.1, 0.15) is 11.1 Å². The number of benzene rings is 9. The molecule has 9 rings (SSSR count). The third-order valence-corrected chi connectivity index (χ3v) is 10.1. The van der Waals surface area contributed by atoms with Crippen LogP contribution in [-0.4, -0.2) is 0 Å². The number of fused-ring (bicyclic) bond motifs is 4. The summed E-state index contributed by atoms with van der Waals surface area (Å²) in [5.74, 6) is 0. The number of para-hydroxylation sites is 2. The molecular formula is C48H35N. The van der Waals surface area contributed by atoms with Crippen LogP contribution in [0.2, 0.25) is 0 Å². The van der Waals surface area contributed by atoms with E-state index in [0.717, 1.165) is 17.1 Å². The standard InChI is InChI=1S/C48H35N/c1-32-31-33(2)46(39-24-12-9-21-36(32)39)48-42-27-15-13-25-40(42)47(41-26-14-16-28-43(41)48)44-29-30-45(38-23-11-10-22-37(38)44)49(34-17-5-3-6-18-34)35-19-7-4-8-20-35/h3-31H,1-2H3. The van der Waals surface area contributed by atoms with Gasteiger partial charge in [0.05, 0.1) is 5.69 Å². The first kappa shape index (κ1) is 29.0. The van der Waals surface area contributed by atoms with E-state index in [0.29, 0.717) is 0 Å². The fraction of sp³-hybridized carbons (Fsp3) is 0.0417. The first-order valence-electron chi connectivity index (χ1n) is 17.0. The zero-order chi connectivity index (χ0) is 32.9. The van der Waals surface area contributed by atoms with E-state index in [9.17, 15) is 0 Å². The van der Waals surface area contributed by atoms with Crippen molar-refractivity contribution in [3.8, 4) is 22.3 Å². The lowest BCUT2D eigenvalue weighted by Gasteiger charge is -2.28. The molecule has 49 heavy (non-hydrogen) atoms. The third-order valence-electron chi connectivity index (χ3n) is 10.1. The summed E-state index contributed by atoms with van der Waals surface area (Å²) in [6.07, 6.45) is 0. The fourth-order valence-electron chi connectivity index (χ4n) is 8.03. The molecule has 0 N–H and O–H groups in total. The summed E-state index contributed by atoms with van der Waals surface area (Å²) >= 11 is 0. The van der Waals surface area contributed by atoms with Crippen molar-refractivity contribution in [1.29, 1.82) is 0 Å². The molecular weight excluding hydrogens is 591 g/mol. The quantitative estimate of drug-likeness (QED) is 0.172. The molecule has 0 aliphatic rings. The molecule has 0 saturated carbocycles. The van der Waals surface area contributed by atoms with Crippen molar-refractivity contribution in [2.75, 3.05) is 4.90 Å². The van der Waals surface area contributed by atoms with E-state index in [-0.39, 0.29) is 0 Å². The average Bonchev–Trinajstić information content (AvgIpc) is 3.16. The summed E-state index contributed by atoms with van der Waals surface area (Å²) in [6.45, 7) is 4.49. The van der Waals surface area contributed by atoms with Crippen molar-refractivity contribution in [3.63, 3.8) is 0 Å². The van der Waals surface area contributed by atoms with Gasteiger partial charge in [0.2, 0.25) is 0 Å². The van der Waals surface area contributed by atoms with Gasteiger partial charge in [0.15, 0.2) is 0 Å². The summed E-state index contributed by atoms with van der Waals surface area (Å²) < 4.78 is 0. The van der Waals surface area contributed by atoms with Gasteiger partial charge in [-0.3, -0.25) is 0 Å². The van der Waals surface area contributed by atoms with E-state index in [2.05, 4.69) is 195 Å². The second kappa shape index (κ2) is 11.8. The Hall–Kier alpha value is -6.18. The monoisotopic (exact) mass is 625 g/mol. The number of hydrogen-bond donors (Lipinski definition) is 0. The van der Waals surface area contributed by atoms with Crippen LogP contribution in [0.3, 0.4) is 0 Å². The van der Waals surface area contributed by atoms with Gasteiger partial charge < -0.3 is 4.90 Å². The highest BCUT2D eigenvalue weighted by Crippen LogP contribution is 2.49. The zero-order valence-corrected chi connectivity index (χ0v) is 27.7. The van der Waals surface area contributed by atoms with Gasteiger partial charge in [-0.25, -0.2) is 0 Å². The van der Waals surface area contributed by atoms with Gasteiger partial charge in [-0.2, -0.15) is 0 Å². The highest BCUT2D eigenvalue weighted by Gasteiger charge is 2.22. The molecule has 0 amide bonds. The molecule has 1 nitrogen and oxygen atoms in total. The van der Waals surface area contributed by atoms with Crippen LogP contribution in [0.4, 0.5) is 17.1 Å². The fourth-order valence-corrected chi connectivity index (χ4v) is 8.03. The minimum Gasteiger partial charge on any atom is -0.310 e. The van der Waals surface area contributed by atoms with Gasteiger partial charge in [0, 0.05) is 16.8 Å². The molecule has 0 radical (unpaired) electrons. The molecule has 0 bridgehead atoms. The van der Waals surface area contributed by atoms with Crippen LogP contribution < -0.4 is 4.90 Å². The van der Waals surface area contributed by atoms with Gasteiger partial charge in [-0.15, -0.1) is 0 Å². The smallest absolute Gasteiger partial charge is 0.0540 e. The Morgan fingerprint density at radius 3 is 1.24 bits per heavy atom.